The Kier molecular flexibility index (Phi) is 4.68. The van der Waals surface area contributed by atoms with Crippen molar-refractivity contribution in [2.24, 2.45) is 0 Å². The summed E-state index contributed by atoms with van der Waals surface area (Å²) >= 11 is 2.46. The maximum Gasteiger partial charge on any atom is 0.166 e. The Morgan fingerprint density at radius 3 is 1.45 bits per heavy atom. The van der Waals surface area contributed by atoms with Crippen molar-refractivity contribution in [2.45, 2.75) is 23.0 Å². The van der Waals surface area contributed by atoms with Crippen molar-refractivity contribution in [1.29, 1.82) is 0 Å². The molecule has 6 heteroatoms. The Hall–Kier alpha value is -1.14. The molecule has 2 heterocycles. The Bertz CT molecular complexity index is 630. The van der Waals surface area contributed by atoms with Gasteiger partial charge in [-0.1, -0.05) is 24.3 Å². The molecule has 0 saturated carbocycles. The second kappa shape index (κ2) is 6.54. The van der Waals surface area contributed by atoms with Gasteiger partial charge in [0.15, 0.2) is 23.3 Å². The summed E-state index contributed by atoms with van der Waals surface area (Å²) in [5.41, 5.74) is 1.01. The molecule has 4 bridgehead atoms. The van der Waals surface area contributed by atoms with Crippen molar-refractivity contribution >= 4 is 23.5 Å². The predicted molar refractivity (Wildman–Crippen MR) is 82.7 cm³/mol. The summed E-state index contributed by atoms with van der Waals surface area (Å²) in [5.74, 6) is -4.24. The van der Waals surface area contributed by atoms with Crippen LogP contribution in [0.4, 0.5) is 17.6 Å². The molecule has 116 valence electrons. The van der Waals surface area contributed by atoms with Gasteiger partial charge in [0.2, 0.25) is 0 Å². The normalized spacial score (nSPS) is 15.1. The lowest BCUT2D eigenvalue weighted by atomic mass is 10.1. The van der Waals surface area contributed by atoms with Crippen LogP contribution in [0.1, 0.15) is 22.3 Å². The smallest absolute Gasteiger partial charge is 0.166 e. The minimum Gasteiger partial charge on any atom is -0.203 e. The van der Waals surface area contributed by atoms with E-state index in [1.54, 1.807) is 0 Å². The van der Waals surface area contributed by atoms with Crippen LogP contribution in [-0.4, -0.2) is 0 Å². The molecule has 0 saturated heterocycles. The van der Waals surface area contributed by atoms with Crippen LogP contribution in [0.5, 0.6) is 0 Å². The van der Waals surface area contributed by atoms with Crippen molar-refractivity contribution in [3.63, 3.8) is 0 Å². The molecule has 0 nitrogen and oxygen atoms in total. The van der Waals surface area contributed by atoms with Gasteiger partial charge in [0.25, 0.3) is 0 Å². The molecule has 22 heavy (non-hydrogen) atoms. The van der Waals surface area contributed by atoms with E-state index in [1.165, 1.54) is 23.5 Å². The van der Waals surface area contributed by atoms with E-state index in [4.69, 9.17) is 0 Å². The van der Waals surface area contributed by atoms with E-state index in [1.807, 2.05) is 24.3 Å². The largest absolute Gasteiger partial charge is 0.203 e. The van der Waals surface area contributed by atoms with Crippen molar-refractivity contribution in [3.8, 4) is 0 Å². The number of benzene rings is 2. The Labute approximate surface area is 134 Å². The highest BCUT2D eigenvalue weighted by atomic mass is 32.2. The summed E-state index contributed by atoms with van der Waals surface area (Å²) in [6.45, 7) is 0. The SMILES string of the molecule is Fc1c(F)c2c(F)c(F)c1CSCc1cccc(c1)CSC2. The zero-order valence-corrected chi connectivity index (χ0v) is 13.1. The van der Waals surface area contributed by atoms with E-state index < -0.39 is 34.4 Å². The number of hydrogen-bond donors (Lipinski definition) is 0. The highest BCUT2D eigenvalue weighted by Gasteiger charge is 2.25. The molecule has 0 aromatic heterocycles. The van der Waals surface area contributed by atoms with Gasteiger partial charge >= 0.3 is 0 Å². The van der Waals surface area contributed by atoms with Crippen LogP contribution < -0.4 is 0 Å². The third-order valence-electron chi connectivity index (χ3n) is 3.47. The summed E-state index contributed by atoms with van der Waals surface area (Å²) in [6, 6.07) is 7.78. The van der Waals surface area contributed by atoms with Crippen LogP contribution in [0, 0.1) is 23.3 Å². The second-order valence-corrected chi connectivity index (χ2v) is 6.99. The average molecular weight is 344 g/mol. The summed E-state index contributed by atoms with van der Waals surface area (Å²) < 4.78 is 56.0. The monoisotopic (exact) mass is 344 g/mol. The average Bonchev–Trinajstić information content (AvgIpc) is 2.53. The van der Waals surface area contributed by atoms with E-state index in [0.29, 0.717) is 11.5 Å². The van der Waals surface area contributed by atoms with Crippen molar-refractivity contribution in [3.05, 3.63) is 69.8 Å². The summed E-state index contributed by atoms with van der Waals surface area (Å²) in [6.07, 6.45) is 0. The van der Waals surface area contributed by atoms with Gasteiger partial charge in [0.1, 0.15) is 0 Å². The number of rotatable bonds is 0. The fraction of sp³-hybridized carbons (Fsp3) is 0.250. The highest BCUT2D eigenvalue weighted by molar-refractivity contribution is 7.98. The zero-order valence-electron chi connectivity index (χ0n) is 11.5. The molecule has 0 atom stereocenters. The molecule has 0 N–H and O–H groups in total. The lowest BCUT2D eigenvalue weighted by molar-refractivity contribution is 0.435. The molecular formula is C16H12F4S2. The van der Waals surface area contributed by atoms with Crippen LogP contribution in [0.2, 0.25) is 0 Å². The maximum absolute atomic E-state index is 14.0. The Morgan fingerprint density at radius 2 is 1.05 bits per heavy atom. The van der Waals surface area contributed by atoms with Crippen LogP contribution in [0.25, 0.3) is 0 Å². The first kappa shape index (κ1) is 15.7. The topological polar surface area (TPSA) is 0 Å². The first-order chi connectivity index (χ1) is 10.6. The van der Waals surface area contributed by atoms with Gasteiger partial charge in [0.05, 0.1) is 0 Å². The highest BCUT2D eigenvalue weighted by Crippen LogP contribution is 2.32. The third kappa shape index (κ3) is 2.99. The number of thioether (sulfide) groups is 2. The molecule has 2 aromatic carbocycles. The lowest BCUT2D eigenvalue weighted by Crippen LogP contribution is -2.07. The molecule has 0 spiro atoms. The molecule has 2 aromatic rings. The van der Waals surface area contributed by atoms with Gasteiger partial charge in [-0.15, -0.1) is 0 Å². The minimum absolute atomic E-state index is 0.108. The first-order valence-corrected chi connectivity index (χ1v) is 8.96. The van der Waals surface area contributed by atoms with Gasteiger partial charge < -0.3 is 0 Å². The molecule has 2 aliphatic heterocycles. The zero-order chi connectivity index (χ0) is 15.7. The maximum atomic E-state index is 14.0. The van der Waals surface area contributed by atoms with Gasteiger partial charge in [-0.25, -0.2) is 17.6 Å². The van der Waals surface area contributed by atoms with Crippen LogP contribution in [0.15, 0.2) is 24.3 Å². The predicted octanol–water partition coefficient (Wildman–Crippen LogP) is 5.42. The van der Waals surface area contributed by atoms with Crippen LogP contribution >= 0.6 is 23.5 Å². The lowest BCUT2D eigenvalue weighted by Gasteiger charge is -2.11. The van der Waals surface area contributed by atoms with Gasteiger partial charge in [0, 0.05) is 34.1 Å². The van der Waals surface area contributed by atoms with E-state index in [0.717, 1.165) is 11.1 Å². The first-order valence-electron chi connectivity index (χ1n) is 6.65. The standard InChI is InChI=1S/C16H12F4S2/c17-13-11-7-21-5-9-2-1-3-10(4-9)6-22-8-12(15(13)19)16(20)14(11)18/h1-4H,5-8H2. The van der Waals surface area contributed by atoms with E-state index in [9.17, 15) is 17.6 Å². The third-order valence-corrected chi connectivity index (χ3v) is 5.53. The second-order valence-electron chi connectivity index (χ2n) is 5.02. The van der Waals surface area contributed by atoms with Gasteiger partial charge in [-0.3, -0.25) is 0 Å². The van der Waals surface area contributed by atoms with E-state index in [-0.39, 0.29) is 11.5 Å². The summed E-state index contributed by atoms with van der Waals surface area (Å²) in [7, 11) is 0. The Morgan fingerprint density at radius 1 is 0.636 bits per heavy atom. The van der Waals surface area contributed by atoms with Crippen molar-refractivity contribution < 1.29 is 17.6 Å². The summed E-state index contributed by atoms with van der Waals surface area (Å²) in [4.78, 5) is 0. The van der Waals surface area contributed by atoms with Gasteiger partial charge in [-0.2, -0.15) is 23.5 Å². The minimum atomic E-state index is -1.27. The molecule has 4 rings (SSSR count). The fourth-order valence-corrected chi connectivity index (χ4v) is 4.28. The number of hydrogen-bond acceptors (Lipinski definition) is 2. The Balaban J connectivity index is 2.03. The van der Waals surface area contributed by atoms with Gasteiger partial charge in [-0.05, 0) is 11.1 Å². The van der Waals surface area contributed by atoms with Crippen LogP contribution in [-0.2, 0) is 23.0 Å². The number of halogens is 4. The molecule has 0 unspecified atom stereocenters. The molecule has 0 radical (unpaired) electrons. The van der Waals surface area contributed by atoms with Crippen molar-refractivity contribution in [1.82, 2.24) is 0 Å². The van der Waals surface area contributed by atoms with Crippen molar-refractivity contribution in [2.75, 3.05) is 0 Å². The summed E-state index contributed by atoms with van der Waals surface area (Å²) in [5, 5.41) is 0. The molecule has 0 aliphatic carbocycles. The van der Waals surface area contributed by atoms with E-state index in [2.05, 4.69) is 0 Å². The van der Waals surface area contributed by atoms with Crippen LogP contribution in [0.3, 0.4) is 0 Å². The quantitative estimate of drug-likeness (QED) is 0.462. The number of fused-ring (bicyclic) bond motifs is 6. The van der Waals surface area contributed by atoms with E-state index >= 15 is 0 Å². The molecular weight excluding hydrogens is 332 g/mol. The molecule has 0 fully saturated rings. The fourth-order valence-electron chi connectivity index (χ4n) is 2.33. The molecule has 0 amide bonds. The molecule has 2 aliphatic rings.